The lowest BCUT2D eigenvalue weighted by Crippen LogP contribution is -2.19. The maximum absolute atomic E-state index is 12.6. The van der Waals surface area contributed by atoms with E-state index in [1.165, 1.54) is 6.07 Å². The van der Waals surface area contributed by atoms with Gasteiger partial charge in [0.15, 0.2) is 0 Å². The molecule has 0 fully saturated rings. The molecule has 96 valence electrons. The van der Waals surface area contributed by atoms with Crippen LogP contribution < -0.4 is 5.73 Å². The third kappa shape index (κ3) is 3.61. The number of alkyl halides is 3. The lowest BCUT2D eigenvalue weighted by Gasteiger charge is -2.20. The van der Waals surface area contributed by atoms with E-state index in [9.17, 15) is 13.2 Å². The smallest absolute Gasteiger partial charge is 0.324 e. The summed E-state index contributed by atoms with van der Waals surface area (Å²) in [5.74, 6) is 0.106. The number of nitrogens with two attached hydrogens (primary N) is 1. The largest absolute Gasteiger partial charge is 0.416 e. The van der Waals surface area contributed by atoms with Gasteiger partial charge in [0, 0.05) is 11.1 Å². The molecule has 0 saturated carbocycles. The zero-order valence-electron chi connectivity index (χ0n) is 9.68. The third-order valence-corrected chi connectivity index (χ3v) is 3.11. The molecular formula is C12H15ClF3N. The summed E-state index contributed by atoms with van der Waals surface area (Å²) < 4.78 is 37.8. The van der Waals surface area contributed by atoms with Gasteiger partial charge in [0.25, 0.3) is 0 Å². The summed E-state index contributed by atoms with van der Waals surface area (Å²) in [5, 5.41) is 0.0635. The molecule has 1 nitrogen and oxygen atoms in total. The van der Waals surface area contributed by atoms with Crippen LogP contribution in [0.2, 0.25) is 5.02 Å². The van der Waals surface area contributed by atoms with E-state index in [1.807, 2.05) is 13.8 Å². The van der Waals surface area contributed by atoms with Gasteiger partial charge in [-0.05, 0) is 29.7 Å². The predicted octanol–water partition coefficient (Wildman–Crippen LogP) is 4.40. The molecule has 1 rings (SSSR count). The highest BCUT2D eigenvalue weighted by atomic mass is 35.5. The van der Waals surface area contributed by atoms with Crippen LogP contribution >= 0.6 is 11.6 Å². The highest BCUT2D eigenvalue weighted by molar-refractivity contribution is 6.30. The minimum Gasteiger partial charge on any atom is -0.324 e. The quantitative estimate of drug-likeness (QED) is 0.861. The average molecular weight is 266 g/mol. The average Bonchev–Trinajstić information content (AvgIpc) is 2.25. The Labute approximate surface area is 104 Å². The molecular weight excluding hydrogens is 251 g/mol. The lowest BCUT2D eigenvalue weighted by molar-refractivity contribution is -0.137. The SMILES string of the molecule is CCC(C)[C@@H](N)c1cc(Cl)cc(C(F)(F)F)c1. The predicted molar refractivity (Wildman–Crippen MR) is 62.8 cm³/mol. The van der Waals surface area contributed by atoms with E-state index in [4.69, 9.17) is 17.3 Å². The summed E-state index contributed by atoms with van der Waals surface area (Å²) in [6.45, 7) is 3.85. The normalized spacial score (nSPS) is 15.7. The standard InChI is InChI=1S/C12H15ClF3N/c1-3-7(2)11(17)8-4-9(12(14,15)16)6-10(13)5-8/h4-7,11H,3,17H2,1-2H3/t7?,11-/m1/s1. The van der Waals surface area contributed by atoms with Crippen molar-refractivity contribution >= 4 is 11.6 Å². The molecule has 1 aromatic carbocycles. The fraction of sp³-hybridized carbons (Fsp3) is 0.500. The number of hydrogen-bond acceptors (Lipinski definition) is 1. The molecule has 0 aliphatic heterocycles. The molecule has 0 amide bonds. The van der Waals surface area contributed by atoms with Crippen LogP contribution in [-0.4, -0.2) is 0 Å². The summed E-state index contributed by atoms with van der Waals surface area (Å²) in [6, 6.07) is 3.05. The van der Waals surface area contributed by atoms with Crippen molar-refractivity contribution in [2.45, 2.75) is 32.5 Å². The molecule has 5 heteroatoms. The molecule has 17 heavy (non-hydrogen) atoms. The van der Waals surface area contributed by atoms with E-state index in [0.29, 0.717) is 5.56 Å². The highest BCUT2D eigenvalue weighted by Crippen LogP contribution is 2.34. The molecule has 0 radical (unpaired) electrons. The summed E-state index contributed by atoms with van der Waals surface area (Å²) >= 11 is 5.69. The van der Waals surface area contributed by atoms with Crippen molar-refractivity contribution in [1.29, 1.82) is 0 Å². The molecule has 0 aliphatic rings. The molecule has 1 aromatic rings. The molecule has 0 spiro atoms. The second kappa shape index (κ2) is 5.27. The molecule has 0 heterocycles. The summed E-state index contributed by atoms with van der Waals surface area (Å²) in [4.78, 5) is 0. The van der Waals surface area contributed by atoms with Gasteiger partial charge in [-0.1, -0.05) is 31.9 Å². The molecule has 0 bridgehead atoms. The molecule has 2 atom stereocenters. The first kappa shape index (κ1) is 14.3. The van der Waals surface area contributed by atoms with E-state index in [-0.39, 0.29) is 10.9 Å². The molecule has 1 unspecified atom stereocenters. The monoisotopic (exact) mass is 265 g/mol. The molecule has 0 aliphatic carbocycles. The zero-order valence-corrected chi connectivity index (χ0v) is 10.4. The van der Waals surface area contributed by atoms with Crippen LogP contribution in [0.15, 0.2) is 18.2 Å². The van der Waals surface area contributed by atoms with Gasteiger partial charge >= 0.3 is 6.18 Å². The highest BCUT2D eigenvalue weighted by Gasteiger charge is 2.31. The Morgan fingerprint density at radius 1 is 1.29 bits per heavy atom. The van der Waals surface area contributed by atoms with Crippen molar-refractivity contribution in [2.24, 2.45) is 11.7 Å². The van der Waals surface area contributed by atoms with Crippen molar-refractivity contribution in [3.8, 4) is 0 Å². The van der Waals surface area contributed by atoms with E-state index in [2.05, 4.69) is 0 Å². The van der Waals surface area contributed by atoms with Crippen LogP contribution in [0, 0.1) is 5.92 Å². The third-order valence-electron chi connectivity index (χ3n) is 2.89. The maximum atomic E-state index is 12.6. The Hall–Kier alpha value is -0.740. The van der Waals surface area contributed by atoms with Gasteiger partial charge in [0.1, 0.15) is 0 Å². The number of rotatable bonds is 3. The van der Waals surface area contributed by atoms with Gasteiger partial charge < -0.3 is 5.73 Å². The Morgan fingerprint density at radius 3 is 2.35 bits per heavy atom. The first-order chi connectivity index (χ1) is 7.75. The Kier molecular flexibility index (Phi) is 4.44. The minimum absolute atomic E-state index is 0.0635. The number of halogens is 4. The van der Waals surface area contributed by atoms with Crippen LogP contribution in [0.3, 0.4) is 0 Å². The van der Waals surface area contributed by atoms with Crippen molar-refractivity contribution in [1.82, 2.24) is 0 Å². The van der Waals surface area contributed by atoms with Crippen LogP contribution in [0.4, 0.5) is 13.2 Å². The van der Waals surface area contributed by atoms with Gasteiger partial charge in [-0.15, -0.1) is 0 Å². The van der Waals surface area contributed by atoms with Gasteiger partial charge in [0.2, 0.25) is 0 Å². The second-order valence-electron chi connectivity index (χ2n) is 4.18. The molecule has 2 N–H and O–H groups in total. The topological polar surface area (TPSA) is 26.0 Å². The fourth-order valence-electron chi connectivity index (χ4n) is 1.55. The van der Waals surface area contributed by atoms with E-state index in [1.54, 1.807) is 0 Å². The van der Waals surface area contributed by atoms with Gasteiger partial charge in [-0.3, -0.25) is 0 Å². The first-order valence-corrected chi connectivity index (χ1v) is 5.76. The molecule has 0 saturated heterocycles. The fourth-order valence-corrected chi connectivity index (χ4v) is 1.79. The molecule has 0 aromatic heterocycles. The van der Waals surface area contributed by atoms with Crippen LogP contribution in [0.5, 0.6) is 0 Å². The Balaban J connectivity index is 3.14. The van der Waals surface area contributed by atoms with E-state index in [0.717, 1.165) is 18.6 Å². The summed E-state index contributed by atoms with van der Waals surface area (Å²) in [6.07, 6.45) is -3.59. The minimum atomic E-state index is -4.39. The van der Waals surface area contributed by atoms with Gasteiger partial charge in [-0.2, -0.15) is 13.2 Å². The lowest BCUT2D eigenvalue weighted by atomic mass is 9.92. The van der Waals surface area contributed by atoms with Crippen molar-refractivity contribution in [2.75, 3.05) is 0 Å². The summed E-state index contributed by atoms with van der Waals surface area (Å²) in [5.41, 5.74) is 5.58. The first-order valence-electron chi connectivity index (χ1n) is 5.39. The Bertz CT molecular complexity index is 390. The van der Waals surface area contributed by atoms with Crippen LogP contribution in [0.1, 0.15) is 37.4 Å². The van der Waals surface area contributed by atoms with E-state index >= 15 is 0 Å². The number of benzene rings is 1. The van der Waals surface area contributed by atoms with E-state index < -0.39 is 17.8 Å². The van der Waals surface area contributed by atoms with Crippen molar-refractivity contribution < 1.29 is 13.2 Å². The van der Waals surface area contributed by atoms with Crippen LogP contribution in [-0.2, 0) is 6.18 Å². The van der Waals surface area contributed by atoms with Crippen molar-refractivity contribution in [3.63, 3.8) is 0 Å². The number of hydrogen-bond donors (Lipinski definition) is 1. The van der Waals surface area contributed by atoms with Crippen molar-refractivity contribution in [3.05, 3.63) is 34.3 Å². The zero-order chi connectivity index (χ0) is 13.2. The van der Waals surface area contributed by atoms with Gasteiger partial charge in [-0.25, -0.2) is 0 Å². The summed E-state index contributed by atoms with van der Waals surface area (Å²) in [7, 11) is 0. The Morgan fingerprint density at radius 2 is 1.88 bits per heavy atom. The maximum Gasteiger partial charge on any atom is 0.416 e. The van der Waals surface area contributed by atoms with Crippen LogP contribution in [0.25, 0.3) is 0 Å². The van der Waals surface area contributed by atoms with Gasteiger partial charge in [0.05, 0.1) is 5.56 Å². The second-order valence-corrected chi connectivity index (χ2v) is 4.62.